The second kappa shape index (κ2) is 9.38. The van der Waals surface area contributed by atoms with Gasteiger partial charge in [-0.2, -0.15) is 0 Å². The minimum absolute atomic E-state index is 0.627. The van der Waals surface area contributed by atoms with Crippen LogP contribution >= 0.6 is 0 Å². The van der Waals surface area contributed by atoms with Gasteiger partial charge in [-0.15, -0.1) is 6.58 Å². The molecule has 0 spiro atoms. The molecular formula is C19H26. The van der Waals surface area contributed by atoms with Gasteiger partial charge < -0.3 is 0 Å². The van der Waals surface area contributed by atoms with Gasteiger partial charge in [-0.1, -0.05) is 68.5 Å². The predicted molar refractivity (Wildman–Crippen MR) is 86.3 cm³/mol. The van der Waals surface area contributed by atoms with E-state index < -0.39 is 0 Å². The molecule has 0 fully saturated rings. The number of rotatable bonds is 9. The van der Waals surface area contributed by atoms with Crippen LogP contribution in [-0.2, 0) is 6.42 Å². The number of hydrogen-bond donors (Lipinski definition) is 0. The first-order valence-corrected chi connectivity index (χ1v) is 7.29. The summed E-state index contributed by atoms with van der Waals surface area (Å²) in [6.45, 7) is 10.0. The van der Waals surface area contributed by atoms with Crippen LogP contribution in [0.15, 0.2) is 67.3 Å². The highest BCUT2D eigenvalue weighted by Crippen LogP contribution is 2.24. The number of aryl methyl sites for hydroxylation is 1. The highest BCUT2D eigenvalue weighted by molar-refractivity contribution is 5.22. The van der Waals surface area contributed by atoms with E-state index in [1.165, 1.54) is 30.4 Å². The Labute approximate surface area is 118 Å². The van der Waals surface area contributed by atoms with E-state index in [2.05, 4.69) is 56.5 Å². The third-order valence-electron chi connectivity index (χ3n) is 3.49. The average Bonchev–Trinajstić information content (AvgIpc) is 2.46. The van der Waals surface area contributed by atoms with Gasteiger partial charge in [-0.05, 0) is 42.7 Å². The fourth-order valence-corrected chi connectivity index (χ4v) is 2.45. The van der Waals surface area contributed by atoms with Crippen molar-refractivity contribution in [2.24, 2.45) is 5.92 Å². The van der Waals surface area contributed by atoms with Gasteiger partial charge in [-0.3, -0.25) is 0 Å². The molecule has 0 bridgehead atoms. The SMILES string of the molecule is C=CCC=C(C=C)C(CCC)CCc1ccccc1. The molecule has 0 heterocycles. The Hall–Kier alpha value is -1.56. The highest BCUT2D eigenvalue weighted by atomic mass is 14.2. The van der Waals surface area contributed by atoms with Crippen molar-refractivity contribution >= 4 is 0 Å². The van der Waals surface area contributed by atoms with E-state index in [1.54, 1.807) is 0 Å². The van der Waals surface area contributed by atoms with Gasteiger partial charge in [-0.25, -0.2) is 0 Å². The zero-order valence-electron chi connectivity index (χ0n) is 12.1. The Morgan fingerprint density at radius 1 is 1.16 bits per heavy atom. The summed E-state index contributed by atoms with van der Waals surface area (Å²) in [7, 11) is 0. The monoisotopic (exact) mass is 254 g/mol. The fourth-order valence-electron chi connectivity index (χ4n) is 2.45. The van der Waals surface area contributed by atoms with Crippen LogP contribution in [0.25, 0.3) is 0 Å². The number of benzene rings is 1. The molecule has 1 aromatic carbocycles. The van der Waals surface area contributed by atoms with E-state index in [1.807, 2.05) is 12.2 Å². The minimum Gasteiger partial charge on any atom is -0.103 e. The maximum absolute atomic E-state index is 3.97. The molecule has 19 heavy (non-hydrogen) atoms. The molecule has 0 aromatic heterocycles. The van der Waals surface area contributed by atoms with Crippen LogP contribution in [0.2, 0.25) is 0 Å². The summed E-state index contributed by atoms with van der Waals surface area (Å²) in [6.07, 6.45) is 12.0. The van der Waals surface area contributed by atoms with E-state index in [9.17, 15) is 0 Å². The second-order valence-corrected chi connectivity index (χ2v) is 4.94. The maximum Gasteiger partial charge on any atom is -0.0162 e. The smallest absolute Gasteiger partial charge is 0.0162 e. The molecule has 1 rings (SSSR count). The van der Waals surface area contributed by atoms with Crippen molar-refractivity contribution < 1.29 is 0 Å². The van der Waals surface area contributed by atoms with Gasteiger partial charge in [0.05, 0.1) is 0 Å². The maximum atomic E-state index is 3.97. The zero-order chi connectivity index (χ0) is 13.9. The summed E-state index contributed by atoms with van der Waals surface area (Å²) in [6, 6.07) is 10.7. The first kappa shape index (κ1) is 15.5. The van der Waals surface area contributed by atoms with Crippen LogP contribution in [0.3, 0.4) is 0 Å². The molecule has 0 radical (unpaired) electrons. The Morgan fingerprint density at radius 2 is 1.89 bits per heavy atom. The molecule has 1 unspecified atom stereocenters. The third kappa shape index (κ3) is 5.74. The number of allylic oxidation sites excluding steroid dienone is 4. The third-order valence-corrected chi connectivity index (χ3v) is 3.49. The topological polar surface area (TPSA) is 0 Å². The van der Waals surface area contributed by atoms with Crippen molar-refractivity contribution in [3.63, 3.8) is 0 Å². The molecule has 0 aliphatic rings. The molecular weight excluding hydrogens is 228 g/mol. The first-order valence-electron chi connectivity index (χ1n) is 7.29. The van der Waals surface area contributed by atoms with Gasteiger partial charge in [0.2, 0.25) is 0 Å². The minimum atomic E-state index is 0.627. The van der Waals surface area contributed by atoms with Gasteiger partial charge in [0.15, 0.2) is 0 Å². The lowest BCUT2D eigenvalue weighted by atomic mass is 9.88. The van der Waals surface area contributed by atoms with E-state index in [0.717, 1.165) is 12.8 Å². The van der Waals surface area contributed by atoms with Crippen LogP contribution in [0.4, 0.5) is 0 Å². The molecule has 0 saturated carbocycles. The quantitative estimate of drug-likeness (QED) is 0.390. The van der Waals surface area contributed by atoms with Crippen molar-refractivity contribution in [3.8, 4) is 0 Å². The highest BCUT2D eigenvalue weighted by Gasteiger charge is 2.11. The van der Waals surface area contributed by atoms with Crippen molar-refractivity contribution in [1.29, 1.82) is 0 Å². The first-order chi connectivity index (χ1) is 9.31. The molecule has 102 valence electrons. The van der Waals surface area contributed by atoms with Gasteiger partial charge in [0, 0.05) is 0 Å². The molecule has 0 saturated heterocycles. The molecule has 0 heteroatoms. The molecule has 0 amide bonds. The normalized spacial score (nSPS) is 13.0. The largest absolute Gasteiger partial charge is 0.103 e. The van der Waals surface area contributed by atoms with Crippen molar-refractivity contribution in [2.45, 2.75) is 39.0 Å². The van der Waals surface area contributed by atoms with Crippen LogP contribution < -0.4 is 0 Å². The molecule has 0 aliphatic heterocycles. The van der Waals surface area contributed by atoms with Gasteiger partial charge >= 0.3 is 0 Å². The summed E-state index contributed by atoms with van der Waals surface area (Å²) < 4.78 is 0. The van der Waals surface area contributed by atoms with E-state index in [4.69, 9.17) is 0 Å². The number of hydrogen-bond acceptors (Lipinski definition) is 0. The lowest BCUT2D eigenvalue weighted by molar-refractivity contribution is 0.518. The van der Waals surface area contributed by atoms with Crippen LogP contribution in [-0.4, -0.2) is 0 Å². The van der Waals surface area contributed by atoms with Crippen molar-refractivity contribution in [1.82, 2.24) is 0 Å². The molecule has 0 nitrogen and oxygen atoms in total. The van der Waals surface area contributed by atoms with Crippen LogP contribution in [0, 0.1) is 5.92 Å². The summed E-state index contributed by atoms with van der Waals surface area (Å²) in [5.41, 5.74) is 2.81. The second-order valence-electron chi connectivity index (χ2n) is 4.94. The lowest BCUT2D eigenvalue weighted by Crippen LogP contribution is -2.05. The Kier molecular flexibility index (Phi) is 7.65. The molecule has 1 atom stereocenters. The van der Waals surface area contributed by atoms with Crippen LogP contribution in [0.1, 0.15) is 38.2 Å². The Bertz CT molecular complexity index is 397. The summed E-state index contributed by atoms with van der Waals surface area (Å²) in [5.74, 6) is 0.627. The standard InChI is InChI=1S/C19H26/c1-4-7-14-18(6-3)19(11-5-2)16-15-17-12-9-8-10-13-17/h4,6,8-10,12-14,19H,1,3,5,7,11,15-16H2,2H3. The summed E-state index contributed by atoms with van der Waals surface area (Å²) >= 11 is 0. The Morgan fingerprint density at radius 3 is 2.47 bits per heavy atom. The fraction of sp³-hybridized carbons (Fsp3) is 0.368. The molecule has 0 N–H and O–H groups in total. The van der Waals surface area contributed by atoms with Gasteiger partial charge in [0.1, 0.15) is 0 Å². The summed E-state index contributed by atoms with van der Waals surface area (Å²) in [5, 5.41) is 0. The predicted octanol–water partition coefficient (Wildman–Crippen LogP) is 5.72. The zero-order valence-corrected chi connectivity index (χ0v) is 12.1. The van der Waals surface area contributed by atoms with Crippen LogP contribution in [0.5, 0.6) is 0 Å². The van der Waals surface area contributed by atoms with E-state index in [0.29, 0.717) is 5.92 Å². The molecule has 0 aliphatic carbocycles. The van der Waals surface area contributed by atoms with E-state index >= 15 is 0 Å². The van der Waals surface area contributed by atoms with Gasteiger partial charge in [0.25, 0.3) is 0 Å². The summed E-state index contributed by atoms with van der Waals surface area (Å²) in [4.78, 5) is 0. The molecule has 1 aromatic rings. The Balaban J connectivity index is 2.65. The average molecular weight is 254 g/mol. The lowest BCUT2D eigenvalue weighted by Gasteiger charge is -2.17. The van der Waals surface area contributed by atoms with Crippen molar-refractivity contribution in [3.05, 3.63) is 72.9 Å². The van der Waals surface area contributed by atoms with E-state index in [-0.39, 0.29) is 0 Å². The van der Waals surface area contributed by atoms with Crippen molar-refractivity contribution in [2.75, 3.05) is 0 Å².